The number of aromatic carboxylic acids is 1. The summed E-state index contributed by atoms with van der Waals surface area (Å²) in [4.78, 5) is 18.4. The minimum Gasteiger partial charge on any atom is -0.478 e. The first-order chi connectivity index (χ1) is 22.0. The van der Waals surface area contributed by atoms with E-state index in [9.17, 15) is 27.5 Å². The Hall–Kier alpha value is -3.71. The van der Waals surface area contributed by atoms with Crippen LogP contribution in [-0.2, 0) is 6.54 Å². The number of rotatable bonds is 8. The molecule has 0 radical (unpaired) electrons. The number of fused-ring (bicyclic) bond motifs is 3. The molecule has 4 aromatic rings. The van der Waals surface area contributed by atoms with Gasteiger partial charge in [-0.05, 0) is 87.5 Å². The summed E-state index contributed by atoms with van der Waals surface area (Å²) in [6, 6.07) is 7.97. The highest BCUT2D eigenvalue weighted by atomic mass is 32.1. The number of anilines is 1. The van der Waals surface area contributed by atoms with Crippen LogP contribution in [0.1, 0.15) is 84.5 Å². The van der Waals surface area contributed by atoms with Crippen molar-refractivity contribution in [3.63, 3.8) is 0 Å². The van der Waals surface area contributed by atoms with Crippen LogP contribution in [0.3, 0.4) is 0 Å². The Morgan fingerprint density at radius 3 is 2.57 bits per heavy atom. The SMILES string of the molecule is Cc1cccc(OC(F)(F)F)c1-c1noc(C2CC2)c1CNC1CC2(C1)CC1CCC(C2)N1c1nc2c(F)cc(C(=O)O)cc2s1. The Morgan fingerprint density at radius 1 is 1.15 bits per heavy atom. The average molecular weight is 657 g/mol. The molecule has 2 aliphatic carbocycles. The molecule has 2 aromatic carbocycles. The molecule has 4 aliphatic rings. The van der Waals surface area contributed by atoms with E-state index < -0.39 is 18.1 Å². The lowest BCUT2D eigenvalue weighted by Gasteiger charge is -2.55. The summed E-state index contributed by atoms with van der Waals surface area (Å²) in [6.07, 6.45) is 3.19. The van der Waals surface area contributed by atoms with Gasteiger partial charge in [0.05, 0.1) is 10.3 Å². The van der Waals surface area contributed by atoms with Crippen molar-refractivity contribution in [2.75, 3.05) is 4.90 Å². The van der Waals surface area contributed by atoms with Crippen LogP contribution in [0.25, 0.3) is 21.5 Å². The number of carbonyl (C=O) groups is 1. The first-order valence-electron chi connectivity index (χ1n) is 15.7. The highest BCUT2D eigenvalue weighted by Crippen LogP contribution is 2.57. The summed E-state index contributed by atoms with van der Waals surface area (Å²) in [5.74, 6) is -1.09. The number of hydrogen-bond acceptors (Lipinski definition) is 8. The van der Waals surface area contributed by atoms with E-state index in [-0.39, 0.29) is 34.2 Å². The van der Waals surface area contributed by atoms with Crippen LogP contribution in [0.15, 0.2) is 34.9 Å². The molecular weight excluding hydrogens is 624 g/mol. The van der Waals surface area contributed by atoms with Crippen LogP contribution < -0.4 is 15.0 Å². The fraction of sp³-hybridized carbons (Fsp3) is 0.485. The zero-order valence-corrected chi connectivity index (χ0v) is 25.8. The van der Waals surface area contributed by atoms with Gasteiger partial charge in [0, 0.05) is 41.7 Å². The van der Waals surface area contributed by atoms with E-state index in [0.717, 1.165) is 73.9 Å². The van der Waals surface area contributed by atoms with E-state index in [2.05, 4.69) is 25.1 Å². The maximum absolute atomic E-state index is 14.7. The third-order valence-corrected chi connectivity index (χ3v) is 11.3. The van der Waals surface area contributed by atoms with Crippen molar-refractivity contribution in [2.24, 2.45) is 5.41 Å². The van der Waals surface area contributed by atoms with E-state index in [0.29, 0.717) is 40.1 Å². The topological polar surface area (TPSA) is 101 Å². The van der Waals surface area contributed by atoms with Crippen LogP contribution >= 0.6 is 11.3 Å². The van der Waals surface area contributed by atoms with Gasteiger partial charge >= 0.3 is 12.3 Å². The van der Waals surface area contributed by atoms with Gasteiger partial charge in [0.15, 0.2) is 10.9 Å². The van der Waals surface area contributed by atoms with Gasteiger partial charge in [-0.3, -0.25) is 0 Å². The fourth-order valence-corrected chi connectivity index (χ4v) is 9.35. The summed E-state index contributed by atoms with van der Waals surface area (Å²) < 4.78 is 65.2. The van der Waals surface area contributed by atoms with Gasteiger partial charge < -0.3 is 24.6 Å². The molecule has 2 N–H and O–H groups in total. The normalized spacial score (nSPS) is 25.8. The van der Waals surface area contributed by atoms with Crippen molar-refractivity contribution in [1.82, 2.24) is 15.5 Å². The first-order valence-corrected chi connectivity index (χ1v) is 16.5. The number of nitrogens with zero attached hydrogens (tertiary/aromatic N) is 3. The zero-order valence-electron chi connectivity index (χ0n) is 25.0. The molecule has 4 fully saturated rings. The molecule has 8 rings (SSSR count). The number of nitrogens with one attached hydrogen (secondary N) is 1. The number of halogens is 4. The minimum atomic E-state index is -4.83. The number of thiazole rings is 1. The maximum atomic E-state index is 14.7. The monoisotopic (exact) mass is 656 g/mol. The Bertz CT molecular complexity index is 1830. The van der Waals surface area contributed by atoms with Gasteiger partial charge in [0.25, 0.3) is 0 Å². The molecule has 0 amide bonds. The van der Waals surface area contributed by atoms with Crippen molar-refractivity contribution < 1.29 is 36.7 Å². The average Bonchev–Trinajstić information content (AvgIpc) is 3.48. The third kappa shape index (κ3) is 5.21. The molecule has 2 unspecified atom stereocenters. The largest absolute Gasteiger partial charge is 0.573 e. The van der Waals surface area contributed by atoms with Crippen molar-refractivity contribution in [2.45, 2.75) is 95.2 Å². The summed E-state index contributed by atoms with van der Waals surface area (Å²) in [5, 5.41) is 18.0. The third-order valence-electron chi connectivity index (χ3n) is 10.3. The van der Waals surface area contributed by atoms with Crippen LogP contribution in [0.2, 0.25) is 0 Å². The Morgan fingerprint density at radius 2 is 1.89 bits per heavy atom. The van der Waals surface area contributed by atoms with Crippen molar-refractivity contribution in [3.8, 4) is 17.0 Å². The number of aromatic nitrogens is 2. The van der Waals surface area contributed by atoms with E-state index in [4.69, 9.17) is 4.52 Å². The number of carboxylic acids is 1. The number of ether oxygens (including phenoxy) is 1. The second-order valence-corrected chi connectivity index (χ2v) is 14.4. The predicted molar refractivity (Wildman–Crippen MR) is 163 cm³/mol. The van der Waals surface area contributed by atoms with Crippen molar-refractivity contribution >= 4 is 32.7 Å². The lowest BCUT2D eigenvalue weighted by atomic mass is 9.58. The van der Waals surface area contributed by atoms with Crippen LogP contribution in [0.4, 0.5) is 22.7 Å². The van der Waals surface area contributed by atoms with Gasteiger partial charge in [-0.2, -0.15) is 0 Å². The van der Waals surface area contributed by atoms with Crippen LogP contribution in [-0.4, -0.2) is 45.7 Å². The van der Waals surface area contributed by atoms with Gasteiger partial charge in [0.2, 0.25) is 0 Å². The predicted octanol–water partition coefficient (Wildman–Crippen LogP) is 7.94. The number of piperidine rings is 1. The highest BCUT2D eigenvalue weighted by Gasteiger charge is 2.54. The van der Waals surface area contributed by atoms with Gasteiger partial charge in [-0.15, -0.1) is 13.2 Å². The molecule has 242 valence electrons. The molecule has 1 spiro atoms. The summed E-state index contributed by atoms with van der Waals surface area (Å²) >= 11 is 1.36. The molecule has 8 nitrogen and oxygen atoms in total. The number of aryl methyl sites for hydroxylation is 1. The van der Waals surface area contributed by atoms with Crippen LogP contribution in [0, 0.1) is 18.2 Å². The summed E-state index contributed by atoms with van der Waals surface area (Å²) in [5.41, 5.74) is 2.46. The van der Waals surface area contributed by atoms with E-state index in [1.165, 1.54) is 29.5 Å². The second kappa shape index (κ2) is 10.7. The quantitative estimate of drug-likeness (QED) is 0.185. The molecule has 46 heavy (non-hydrogen) atoms. The van der Waals surface area contributed by atoms with Gasteiger partial charge in [0.1, 0.15) is 22.7 Å². The van der Waals surface area contributed by atoms with Crippen LogP contribution in [0.5, 0.6) is 5.75 Å². The lowest BCUT2D eigenvalue weighted by molar-refractivity contribution is -0.274. The van der Waals surface area contributed by atoms with Crippen molar-refractivity contribution in [3.05, 3.63) is 58.6 Å². The smallest absolute Gasteiger partial charge is 0.478 e. The molecule has 2 aliphatic heterocycles. The number of benzene rings is 2. The number of carboxylic acid groups (broad SMARTS) is 1. The van der Waals surface area contributed by atoms with E-state index in [1.54, 1.807) is 13.0 Å². The number of alkyl halides is 3. The standard InChI is InChI=1S/C33H32F4N4O4S/c1-16-3-2-4-24(44-33(35,36)37)26(16)27-22(29(45-40-27)17-5-6-17)15-38-19-11-32(12-19)13-20-7-8-21(14-32)41(20)31-39-28-23(34)9-18(30(42)43)10-25(28)46-31/h2-4,9-10,17,19-21,38H,5-8,11-15H2,1H3,(H,42,43). The molecule has 2 saturated heterocycles. The Kier molecular flexibility index (Phi) is 6.88. The Labute approximate surface area is 265 Å². The fourth-order valence-electron chi connectivity index (χ4n) is 8.19. The van der Waals surface area contributed by atoms with E-state index in [1.807, 2.05) is 0 Å². The summed E-state index contributed by atoms with van der Waals surface area (Å²) in [6.45, 7) is 2.19. The summed E-state index contributed by atoms with van der Waals surface area (Å²) in [7, 11) is 0. The number of hydrogen-bond donors (Lipinski definition) is 2. The molecule has 2 saturated carbocycles. The molecule has 2 atom stereocenters. The lowest BCUT2D eigenvalue weighted by Crippen LogP contribution is -2.57. The Balaban J connectivity index is 0.970. The van der Waals surface area contributed by atoms with Gasteiger partial charge in [-0.25, -0.2) is 14.2 Å². The van der Waals surface area contributed by atoms with Crippen molar-refractivity contribution in [1.29, 1.82) is 0 Å². The molecule has 2 bridgehead atoms. The van der Waals surface area contributed by atoms with E-state index >= 15 is 0 Å². The second-order valence-electron chi connectivity index (χ2n) is 13.4. The van der Waals surface area contributed by atoms with Gasteiger partial charge in [-0.1, -0.05) is 28.6 Å². The molecule has 2 aromatic heterocycles. The molecular formula is C33H32F4N4O4S. The highest BCUT2D eigenvalue weighted by molar-refractivity contribution is 7.22. The molecule has 13 heteroatoms. The minimum absolute atomic E-state index is 0.0784. The maximum Gasteiger partial charge on any atom is 0.573 e. The molecule has 4 heterocycles. The zero-order chi connectivity index (χ0) is 32.0. The first kappa shape index (κ1) is 29.7.